The van der Waals surface area contributed by atoms with Gasteiger partial charge in [-0.3, -0.25) is 19.2 Å². The van der Waals surface area contributed by atoms with Gasteiger partial charge in [-0.25, -0.2) is 4.79 Å². The first-order valence-electron chi connectivity index (χ1n) is 11.0. The number of carboxylic acids is 2. The van der Waals surface area contributed by atoms with Crippen molar-refractivity contribution in [1.29, 1.82) is 0 Å². The molecule has 13 nitrogen and oxygen atoms in total. The van der Waals surface area contributed by atoms with Crippen LogP contribution in [0.15, 0.2) is 30.3 Å². The maximum absolute atomic E-state index is 12.8. The number of carboxylic acid groups (broad SMARTS) is 2. The number of carbonyl (C=O) groups excluding carboxylic acids is 3. The van der Waals surface area contributed by atoms with E-state index in [9.17, 15) is 34.2 Å². The molecule has 0 aliphatic rings. The van der Waals surface area contributed by atoms with Crippen molar-refractivity contribution in [2.45, 2.75) is 56.3 Å². The summed E-state index contributed by atoms with van der Waals surface area (Å²) in [7, 11) is 0. The Morgan fingerprint density at radius 1 is 0.829 bits per heavy atom. The van der Waals surface area contributed by atoms with Gasteiger partial charge < -0.3 is 42.7 Å². The van der Waals surface area contributed by atoms with Gasteiger partial charge >= 0.3 is 11.9 Å². The van der Waals surface area contributed by atoms with Crippen LogP contribution in [-0.2, 0) is 30.4 Å². The van der Waals surface area contributed by atoms with Crippen molar-refractivity contribution < 1.29 is 39.3 Å². The molecule has 13 heteroatoms. The number of carbonyl (C=O) groups is 5. The molecule has 0 saturated carbocycles. The molecule has 0 aromatic heterocycles. The predicted octanol–water partition coefficient (Wildman–Crippen LogP) is -2.31. The number of aliphatic hydroxyl groups is 1. The minimum absolute atomic E-state index is 0.0669. The smallest absolute Gasteiger partial charge is 0.326 e. The zero-order valence-electron chi connectivity index (χ0n) is 19.2. The van der Waals surface area contributed by atoms with Crippen molar-refractivity contribution in [3.05, 3.63) is 35.9 Å². The Kier molecular flexibility index (Phi) is 12.9. The molecule has 1 rings (SSSR count). The molecular weight excluding hydrogens is 462 g/mol. The molecule has 0 heterocycles. The van der Waals surface area contributed by atoms with Gasteiger partial charge in [0.15, 0.2) is 0 Å². The van der Waals surface area contributed by atoms with E-state index in [1.165, 1.54) is 0 Å². The molecule has 0 fully saturated rings. The Morgan fingerprint density at radius 3 is 1.94 bits per heavy atom. The number of amides is 3. The third-order valence-corrected chi connectivity index (χ3v) is 5.03. The molecule has 1 aromatic rings. The Labute approximate surface area is 202 Å². The van der Waals surface area contributed by atoms with E-state index in [0.29, 0.717) is 31.4 Å². The van der Waals surface area contributed by atoms with Crippen molar-refractivity contribution in [3.63, 3.8) is 0 Å². The number of hydrogen-bond donors (Lipinski definition) is 8. The largest absolute Gasteiger partial charge is 0.481 e. The molecule has 4 atom stereocenters. The molecule has 0 aliphatic carbocycles. The average Bonchev–Trinajstić information content (AvgIpc) is 2.81. The fourth-order valence-electron chi connectivity index (χ4n) is 3.09. The van der Waals surface area contributed by atoms with Gasteiger partial charge in [-0.05, 0) is 24.9 Å². The first-order valence-corrected chi connectivity index (χ1v) is 11.0. The maximum Gasteiger partial charge on any atom is 0.326 e. The first kappa shape index (κ1) is 29.5. The first-order chi connectivity index (χ1) is 16.6. The molecule has 194 valence electrons. The summed E-state index contributed by atoms with van der Waals surface area (Å²) in [6, 6.07) is 3.05. The summed E-state index contributed by atoms with van der Waals surface area (Å²) in [6.07, 6.45) is 0.650. The van der Waals surface area contributed by atoms with E-state index in [-0.39, 0.29) is 6.42 Å². The lowest BCUT2D eigenvalue weighted by molar-refractivity contribution is -0.147. The number of rotatable bonds is 16. The van der Waals surface area contributed by atoms with Crippen LogP contribution >= 0.6 is 0 Å². The van der Waals surface area contributed by atoms with Gasteiger partial charge in [-0.15, -0.1) is 0 Å². The Bertz CT molecular complexity index is 867. The van der Waals surface area contributed by atoms with Crippen LogP contribution in [0, 0.1) is 0 Å². The minimum atomic E-state index is -1.73. The second-order valence-corrected chi connectivity index (χ2v) is 7.88. The molecular formula is C22H33N5O8. The molecule has 0 radical (unpaired) electrons. The van der Waals surface area contributed by atoms with E-state index >= 15 is 0 Å². The summed E-state index contributed by atoms with van der Waals surface area (Å²) in [5.41, 5.74) is 11.8. The number of nitrogens with one attached hydrogen (secondary N) is 3. The highest BCUT2D eigenvalue weighted by Gasteiger charge is 2.31. The molecule has 10 N–H and O–H groups in total. The van der Waals surface area contributed by atoms with E-state index in [1.54, 1.807) is 30.3 Å². The summed E-state index contributed by atoms with van der Waals surface area (Å²) < 4.78 is 0. The van der Waals surface area contributed by atoms with E-state index in [2.05, 4.69) is 16.0 Å². The topological polar surface area (TPSA) is 234 Å². The lowest BCUT2D eigenvalue weighted by atomic mass is 10.0. The summed E-state index contributed by atoms with van der Waals surface area (Å²) in [5, 5.41) is 34.6. The molecule has 0 saturated heterocycles. The Hall–Kier alpha value is -3.55. The number of unbranched alkanes of at least 4 members (excludes halogenated alkanes) is 1. The van der Waals surface area contributed by atoms with Crippen LogP contribution < -0.4 is 27.4 Å². The minimum Gasteiger partial charge on any atom is -0.481 e. The number of nitrogens with two attached hydrogens (primary N) is 2. The second kappa shape index (κ2) is 15.4. The molecule has 1 aromatic carbocycles. The zero-order valence-corrected chi connectivity index (χ0v) is 19.2. The van der Waals surface area contributed by atoms with Crippen LogP contribution in [0.25, 0.3) is 0 Å². The van der Waals surface area contributed by atoms with E-state index < -0.39 is 66.9 Å². The molecule has 4 unspecified atom stereocenters. The molecule has 0 bridgehead atoms. The number of hydrogen-bond acceptors (Lipinski definition) is 8. The normalized spacial score (nSPS) is 14.1. The van der Waals surface area contributed by atoms with Crippen LogP contribution in [0.3, 0.4) is 0 Å². The van der Waals surface area contributed by atoms with Crippen LogP contribution in [0.4, 0.5) is 0 Å². The highest BCUT2D eigenvalue weighted by atomic mass is 16.4. The SMILES string of the molecule is NCCCCC(N)C(=O)NC(CO)C(=O)NC(Cc1ccccc1)C(=O)NC(CC(=O)O)C(=O)O. The molecule has 35 heavy (non-hydrogen) atoms. The third kappa shape index (κ3) is 10.9. The lowest BCUT2D eigenvalue weighted by Gasteiger charge is -2.24. The fraction of sp³-hybridized carbons (Fsp3) is 0.500. The van der Waals surface area contributed by atoms with Crippen molar-refractivity contribution in [3.8, 4) is 0 Å². The average molecular weight is 496 g/mol. The Morgan fingerprint density at radius 2 is 1.40 bits per heavy atom. The van der Waals surface area contributed by atoms with Crippen LogP contribution in [0.1, 0.15) is 31.2 Å². The van der Waals surface area contributed by atoms with E-state index in [4.69, 9.17) is 16.6 Å². The van der Waals surface area contributed by atoms with Gasteiger partial charge in [0.05, 0.1) is 19.1 Å². The van der Waals surface area contributed by atoms with E-state index in [1.807, 2.05) is 0 Å². The van der Waals surface area contributed by atoms with Crippen molar-refractivity contribution in [2.24, 2.45) is 11.5 Å². The van der Waals surface area contributed by atoms with Gasteiger partial charge in [-0.1, -0.05) is 36.8 Å². The van der Waals surface area contributed by atoms with Crippen molar-refractivity contribution in [2.75, 3.05) is 13.2 Å². The summed E-state index contributed by atoms with van der Waals surface area (Å²) in [5.74, 6) is -5.52. The maximum atomic E-state index is 12.8. The standard InChI is InChI=1S/C22H33N5O8/c23-9-5-4-8-14(24)19(31)27-17(12-28)21(33)25-15(10-13-6-2-1-3-7-13)20(32)26-16(22(34)35)11-18(29)30/h1-3,6-7,14-17,28H,4-5,8-12,23-24H2,(H,25,33)(H,26,32)(H,27,31)(H,29,30)(H,34,35). The highest BCUT2D eigenvalue weighted by Crippen LogP contribution is 2.06. The van der Waals surface area contributed by atoms with Gasteiger partial charge in [0.1, 0.15) is 18.1 Å². The summed E-state index contributed by atoms with van der Waals surface area (Å²) in [4.78, 5) is 60.1. The quantitative estimate of drug-likeness (QED) is 0.114. The fourth-order valence-corrected chi connectivity index (χ4v) is 3.09. The molecule has 3 amide bonds. The predicted molar refractivity (Wildman–Crippen MR) is 124 cm³/mol. The van der Waals surface area contributed by atoms with Crippen LogP contribution in [0.5, 0.6) is 0 Å². The van der Waals surface area contributed by atoms with E-state index in [0.717, 1.165) is 0 Å². The number of aliphatic carboxylic acids is 2. The number of aliphatic hydroxyl groups excluding tert-OH is 1. The van der Waals surface area contributed by atoms with Crippen LogP contribution in [0.2, 0.25) is 0 Å². The van der Waals surface area contributed by atoms with Gasteiger partial charge in [-0.2, -0.15) is 0 Å². The Balaban J connectivity index is 2.96. The van der Waals surface area contributed by atoms with Crippen LogP contribution in [-0.4, -0.2) is 82.3 Å². The van der Waals surface area contributed by atoms with Gasteiger partial charge in [0.25, 0.3) is 0 Å². The molecule has 0 spiro atoms. The number of benzene rings is 1. The third-order valence-electron chi connectivity index (χ3n) is 5.03. The summed E-state index contributed by atoms with van der Waals surface area (Å²) in [6.45, 7) is -0.348. The van der Waals surface area contributed by atoms with Gasteiger partial charge in [0, 0.05) is 6.42 Å². The lowest BCUT2D eigenvalue weighted by Crippen LogP contribution is -2.58. The van der Waals surface area contributed by atoms with Crippen molar-refractivity contribution in [1.82, 2.24) is 16.0 Å². The zero-order chi connectivity index (χ0) is 26.4. The summed E-state index contributed by atoms with van der Waals surface area (Å²) >= 11 is 0. The highest BCUT2D eigenvalue weighted by molar-refractivity contribution is 5.94. The van der Waals surface area contributed by atoms with Crippen molar-refractivity contribution >= 4 is 29.7 Å². The second-order valence-electron chi connectivity index (χ2n) is 7.88. The van der Waals surface area contributed by atoms with Gasteiger partial charge in [0.2, 0.25) is 17.7 Å². The monoisotopic (exact) mass is 495 g/mol. The molecule has 0 aliphatic heterocycles.